The fourth-order valence-electron chi connectivity index (χ4n) is 3.00. The van der Waals surface area contributed by atoms with Gasteiger partial charge >= 0.3 is 0 Å². The molecule has 6 nitrogen and oxygen atoms in total. The van der Waals surface area contributed by atoms with Crippen LogP contribution in [-0.4, -0.2) is 41.9 Å². The molecule has 0 saturated carbocycles. The van der Waals surface area contributed by atoms with Crippen LogP contribution < -0.4 is 10.6 Å². The normalized spacial score (nSPS) is 11.3. The first-order valence-electron chi connectivity index (χ1n) is 9.29. The Balaban J connectivity index is 1.99. The van der Waals surface area contributed by atoms with Crippen molar-refractivity contribution in [3.05, 3.63) is 53.5 Å². The number of nitrogens with one attached hydrogen (secondary N) is 2. The Morgan fingerprint density at radius 2 is 1.78 bits per heavy atom. The second-order valence-electron chi connectivity index (χ2n) is 7.14. The third-order valence-corrected chi connectivity index (χ3v) is 4.48. The summed E-state index contributed by atoms with van der Waals surface area (Å²) in [5, 5.41) is 5.75. The van der Waals surface area contributed by atoms with Crippen LogP contribution in [0.2, 0.25) is 0 Å². The minimum Gasteiger partial charge on any atom is -0.459 e. The first kappa shape index (κ1) is 20.7. The van der Waals surface area contributed by atoms with Gasteiger partial charge in [-0.2, -0.15) is 0 Å². The zero-order chi connectivity index (χ0) is 20.0. The Kier molecular flexibility index (Phi) is 7.19. The van der Waals surface area contributed by atoms with Gasteiger partial charge < -0.3 is 15.1 Å². The van der Waals surface area contributed by atoms with Gasteiger partial charge in [0.1, 0.15) is 0 Å². The molecule has 0 spiro atoms. The number of rotatable bonds is 8. The van der Waals surface area contributed by atoms with E-state index in [1.807, 2.05) is 13.0 Å². The van der Waals surface area contributed by atoms with Crippen LogP contribution in [0.5, 0.6) is 0 Å². The van der Waals surface area contributed by atoms with E-state index in [1.165, 1.54) is 6.26 Å². The molecule has 2 N–H and O–H groups in total. The van der Waals surface area contributed by atoms with Crippen LogP contribution >= 0.6 is 0 Å². The number of anilines is 1. The van der Waals surface area contributed by atoms with E-state index >= 15 is 0 Å². The highest BCUT2D eigenvalue weighted by Gasteiger charge is 2.15. The molecule has 146 valence electrons. The molecule has 2 rings (SSSR count). The van der Waals surface area contributed by atoms with Crippen molar-refractivity contribution in [2.24, 2.45) is 0 Å². The zero-order valence-corrected chi connectivity index (χ0v) is 16.7. The van der Waals surface area contributed by atoms with Crippen LogP contribution in [0.15, 0.2) is 41.0 Å². The van der Waals surface area contributed by atoms with Crippen LogP contribution in [0.4, 0.5) is 5.69 Å². The van der Waals surface area contributed by atoms with Gasteiger partial charge in [0.15, 0.2) is 5.76 Å². The Labute approximate surface area is 160 Å². The summed E-state index contributed by atoms with van der Waals surface area (Å²) in [7, 11) is 0. The van der Waals surface area contributed by atoms with Gasteiger partial charge in [-0.05, 0) is 64.4 Å². The topological polar surface area (TPSA) is 74.6 Å². The number of aryl methyl sites for hydroxylation is 1. The maximum absolute atomic E-state index is 12.5. The average Bonchev–Trinajstić information content (AvgIpc) is 3.14. The lowest BCUT2D eigenvalue weighted by atomic mass is 10.1. The van der Waals surface area contributed by atoms with Gasteiger partial charge in [-0.3, -0.25) is 14.5 Å². The van der Waals surface area contributed by atoms with E-state index in [0.29, 0.717) is 29.9 Å². The first-order chi connectivity index (χ1) is 12.8. The molecule has 27 heavy (non-hydrogen) atoms. The maximum Gasteiger partial charge on any atom is 0.291 e. The third kappa shape index (κ3) is 5.69. The largest absolute Gasteiger partial charge is 0.459 e. The van der Waals surface area contributed by atoms with Crippen molar-refractivity contribution in [2.45, 2.75) is 46.7 Å². The molecule has 0 fully saturated rings. The first-order valence-corrected chi connectivity index (χ1v) is 9.29. The van der Waals surface area contributed by atoms with Crippen molar-refractivity contribution >= 4 is 17.5 Å². The van der Waals surface area contributed by atoms with Crippen LogP contribution in [0, 0.1) is 6.92 Å². The molecule has 0 aliphatic carbocycles. The van der Waals surface area contributed by atoms with Crippen LogP contribution in [0.1, 0.15) is 54.2 Å². The number of amides is 2. The van der Waals surface area contributed by atoms with Gasteiger partial charge in [-0.1, -0.05) is 6.07 Å². The van der Waals surface area contributed by atoms with Gasteiger partial charge in [0, 0.05) is 36.4 Å². The second-order valence-corrected chi connectivity index (χ2v) is 7.14. The fourth-order valence-corrected chi connectivity index (χ4v) is 3.00. The summed E-state index contributed by atoms with van der Waals surface area (Å²) in [5.41, 5.74) is 1.98. The van der Waals surface area contributed by atoms with Crippen molar-refractivity contribution in [1.82, 2.24) is 10.2 Å². The third-order valence-electron chi connectivity index (χ3n) is 4.48. The molecule has 0 saturated heterocycles. The van der Waals surface area contributed by atoms with E-state index < -0.39 is 0 Å². The second kappa shape index (κ2) is 9.37. The minimum atomic E-state index is -0.342. The lowest BCUT2D eigenvalue weighted by molar-refractivity contribution is 0.0938. The Hall–Kier alpha value is -2.60. The summed E-state index contributed by atoms with van der Waals surface area (Å²) in [5.74, 6) is -0.271. The molecule has 1 aromatic carbocycles. The SMILES string of the molecule is Cc1ccc(C(=O)NCCN(C(C)C)C(C)C)cc1NC(=O)c1ccco1. The van der Waals surface area contributed by atoms with Crippen molar-refractivity contribution in [1.29, 1.82) is 0 Å². The zero-order valence-electron chi connectivity index (χ0n) is 16.7. The van der Waals surface area contributed by atoms with Gasteiger partial charge in [0.05, 0.1) is 6.26 Å². The molecule has 0 aliphatic heterocycles. The van der Waals surface area contributed by atoms with E-state index in [4.69, 9.17) is 4.42 Å². The molecule has 0 atom stereocenters. The maximum atomic E-state index is 12.5. The van der Waals surface area contributed by atoms with Gasteiger partial charge in [-0.25, -0.2) is 0 Å². The molecular formula is C21H29N3O3. The summed E-state index contributed by atoms with van der Waals surface area (Å²) in [4.78, 5) is 27.0. The molecule has 2 amide bonds. The molecule has 1 aromatic heterocycles. The average molecular weight is 371 g/mol. The van der Waals surface area contributed by atoms with Crippen LogP contribution in [0.3, 0.4) is 0 Å². The Morgan fingerprint density at radius 1 is 1.07 bits per heavy atom. The molecule has 0 radical (unpaired) electrons. The van der Waals surface area contributed by atoms with Gasteiger partial charge in [0.25, 0.3) is 11.8 Å². The molecule has 1 heterocycles. The summed E-state index contributed by atoms with van der Waals surface area (Å²) in [6.45, 7) is 11.8. The van der Waals surface area contributed by atoms with E-state index in [0.717, 1.165) is 12.1 Å². The van der Waals surface area contributed by atoms with E-state index in [2.05, 4.69) is 43.2 Å². The van der Waals surface area contributed by atoms with Crippen molar-refractivity contribution in [3.63, 3.8) is 0 Å². The monoisotopic (exact) mass is 371 g/mol. The van der Waals surface area contributed by atoms with E-state index in [1.54, 1.807) is 24.3 Å². The standard InChI is InChI=1S/C21H29N3O3/c1-14(2)24(15(3)4)11-10-22-20(25)17-9-8-16(5)18(13-17)23-21(26)19-7-6-12-27-19/h6-9,12-15H,10-11H2,1-5H3,(H,22,25)(H,23,26). The van der Waals surface area contributed by atoms with E-state index in [-0.39, 0.29) is 17.6 Å². The summed E-state index contributed by atoms with van der Waals surface area (Å²) >= 11 is 0. The van der Waals surface area contributed by atoms with E-state index in [9.17, 15) is 9.59 Å². The summed E-state index contributed by atoms with van der Waals surface area (Å²) < 4.78 is 5.10. The van der Waals surface area contributed by atoms with Gasteiger partial charge in [-0.15, -0.1) is 0 Å². The van der Waals surface area contributed by atoms with Crippen LogP contribution in [0.25, 0.3) is 0 Å². The Morgan fingerprint density at radius 3 is 2.37 bits per heavy atom. The number of carbonyl (C=O) groups excluding carboxylic acids is 2. The molecule has 6 heteroatoms. The lowest BCUT2D eigenvalue weighted by Gasteiger charge is -2.30. The molecule has 0 unspecified atom stereocenters. The highest BCUT2D eigenvalue weighted by molar-refractivity contribution is 6.03. The predicted molar refractivity (Wildman–Crippen MR) is 107 cm³/mol. The highest BCUT2D eigenvalue weighted by Crippen LogP contribution is 2.18. The van der Waals surface area contributed by atoms with Crippen molar-refractivity contribution < 1.29 is 14.0 Å². The number of nitrogens with zero attached hydrogens (tertiary/aromatic N) is 1. The van der Waals surface area contributed by atoms with Gasteiger partial charge in [0.2, 0.25) is 0 Å². The highest BCUT2D eigenvalue weighted by atomic mass is 16.3. The summed E-state index contributed by atoms with van der Waals surface area (Å²) in [6.07, 6.45) is 1.45. The Bertz CT molecular complexity index is 759. The molecule has 0 aliphatic rings. The number of hydrogen-bond donors (Lipinski definition) is 2. The summed E-state index contributed by atoms with van der Waals surface area (Å²) in [6, 6.07) is 9.36. The fraction of sp³-hybridized carbons (Fsp3) is 0.429. The number of furan rings is 1. The number of carbonyl (C=O) groups is 2. The van der Waals surface area contributed by atoms with Crippen LogP contribution in [-0.2, 0) is 0 Å². The number of hydrogen-bond acceptors (Lipinski definition) is 4. The predicted octanol–water partition coefficient (Wildman–Crippen LogP) is 3.69. The molecular weight excluding hydrogens is 342 g/mol. The minimum absolute atomic E-state index is 0.157. The number of benzene rings is 1. The van der Waals surface area contributed by atoms with Crippen molar-refractivity contribution in [2.75, 3.05) is 18.4 Å². The lowest BCUT2D eigenvalue weighted by Crippen LogP contribution is -2.42. The smallest absolute Gasteiger partial charge is 0.291 e. The molecule has 2 aromatic rings. The molecule has 0 bridgehead atoms. The van der Waals surface area contributed by atoms with Crippen molar-refractivity contribution in [3.8, 4) is 0 Å². The quantitative estimate of drug-likeness (QED) is 0.742.